The van der Waals surface area contributed by atoms with Crippen molar-refractivity contribution < 1.29 is 28.0 Å². The third-order valence-electron chi connectivity index (χ3n) is 3.24. The first-order valence-corrected chi connectivity index (χ1v) is 7.02. The van der Waals surface area contributed by atoms with Crippen LogP contribution in [0.3, 0.4) is 0 Å². The minimum atomic E-state index is -0.627. The van der Waals surface area contributed by atoms with Crippen LogP contribution in [0.2, 0.25) is 0 Å². The fourth-order valence-corrected chi connectivity index (χ4v) is 2.06. The van der Waals surface area contributed by atoms with Crippen molar-refractivity contribution in [2.45, 2.75) is 20.1 Å². The van der Waals surface area contributed by atoms with Gasteiger partial charge in [-0.25, -0.2) is 9.18 Å². The molecule has 0 amide bonds. The second-order valence-electron chi connectivity index (χ2n) is 4.94. The lowest BCUT2D eigenvalue weighted by atomic mass is 10.2. The van der Waals surface area contributed by atoms with Crippen molar-refractivity contribution in [3.63, 3.8) is 0 Å². The van der Waals surface area contributed by atoms with Crippen molar-refractivity contribution in [2.75, 3.05) is 0 Å². The number of aliphatic hydroxyl groups excluding tert-OH is 1. The zero-order valence-electron chi connectivity index (χ0n) is 12.7. The Labute approximate surface area is 135 Å². The van der Waals surface area contributed by atoms with Crippen LogP contribution in [0.25, 0.3) is 11.4 Å². The molecule has 1 aromatic carbocycles. The van der Waals surface area contributed by atoms with Crippen LogP contribution in [-0.2, 0) is 18.0 Å². The second-order valence-corrected chi connectivity index (χ2v) is 4.94. The summed E-state index contributed by atoms with van der Waals surface area (Å²) in [5.41, 5.74) is 0.799. The number of esters is 1. The molecule has 7 nitrogen and oxygen atoms in total. The number of aromatic nitrogens is 2. The predicted octanol–water partition coefficient (Wildman–Crippen LogP) is 2.63. The van der Waals surface area contributed by atoms with E-state index in [1.165, 1.54) is 30.3 Å². The van der Waals surface area contributed by atoms with E-state index in [-0.39, 0.29) is 42.1 Å². The highest BCUT2D eigenvalue weighted by Crippen LogP contribution is 2.18. The van der Waals surface area contributed by atoms with Crippen molar-refractivity contribution in [3.05, 3.63) is 59.1 Å². The summed E-state index contributed by atoms with van der Waals surface area (Å²) in [5, 5.41) is 12.7. The van der Waals surface area contributed by atoms with Crippen molar-refractivity contribution >= 4 is 5.97 Å². The molecule has 0 unspecified atom stereocenters. The molecular formula is C16H13FN2O5. The van der Waals surface area contributed by atoms with Crippen LogP contribution in [0.1, 0.15) is 27.8 Å². The zero-order valence-corrected chi connectivity index (χ0v) is 12.7. The molecule has 0 fully saturated rings. The molecule has 3 aromatic rings. The minimum Gasteiger partial charge on any atom is -0.463 e. The van der Waals surface area contributed by atoms with Gasteiger partial charge in [-0.05, 0) is 37.3 Å². The lowest BCUT2D eigenvalue weighted by molar-refractivity contribution is 0.0428. The van der Waals surface area contributed by atoms with Crippen molar-refractivity contribution in [2.24, 2.45) is 0 Å². The Morgan fingerprint density at radius 1 is 1.33 bits per heavy atom. The normalized spacial score (nSPS) is 10.8. The molecule has 2 aromatic heterocycles. The Bertz CT molecular complexity index is 854. The zero-order chi connectivity index (χ0) is 17.1. The third kappa shape index (κ3) is 3.33. The number of furan rings is 1. The number of carbonyl (C=O) groups is 1. The van der Waals surface area contributed by atoms with Crippen LogP contribution in [0.15, 0.2) is 39.3 Å². The van der Waals surface area contributed by atoms with Gasteiger partial charge in [-0.2, -0.15) is 4.98 Å². The fraction of sp³-hybridized carbons (Fsp3) is 0.188. The van der Waals surface area contributed by atoms with Gasteiger partial charge in [-0.1, -0.05) is 5.16 Å². The average Bonchev–Trinajstić information content (AvgIpc) is 3.20. The molecule has 0 bridgehead atoms. The van der Waals surface area contributed by atoms with Gasteiger partial charge in [-0.3, -0.25) is 0 Å². The predicted molar refractivity (Wildman–Crippen MR) is 78.2 cm³/mol. The number of halogens is 1. The Hall–Kier alpha value is -3.00. The summed E-state index contributed by atoms with van der Waals surface area (Å²) in [4.78, 5) is 16.1. The van der Waals surface area contributed by atoms with Crippen LogP contribution in [0, 0.1) is 12.7 Å². The van der Waals surface area contributed by atoms with Crippen LogP contribution in [0.4, 0.5) is 4.39 Å². The quantitative estimate of drug-likeness (QED) is 0.717. The highest BCUT2D eigenvalue weighted by atomic mass is 19.1. The van der Waals surface area contributed by atoms with E-state index in [9.17, 15) is 9.18 Å². The van der Waals surface area contributed by atoms with Gasteiger partial charge >= 0.3 is 5.97 Å². The van der Waals surface area contributed by atoms with Crippen LogP contribution < -0.4 is 0 Å². The lowest BCUT2D eigenvalue weighted by Gasteiger charge is -1.99. The standard InChI is InChI=1S/C16H13FN2O5/c1-9-13(6-12(7-20)23-9)16(21)22-8-14-18-15(19-24-14)10-2-4-11(17)5-3-10/h2-6,20H,7-8H2,1H3. The highest BCUT2D eigenvalue weighted by molar-refractivity contribution is 5.90. The lowest BCUT2D eigenvalue weighted by Crippen LogP contribution is -2.05. The molecule has 24 heavy (non-hydrogen) atoms. The van der Waals surface area contributed by atoms with Crippen LogP contribution in [0.5, 0.6) is 0 Å². The molecule has 124 valence electrons. The number of aliphatic hydroxyl groups is 1. The summed E-state index contributed by atoms with van der Waals surface area (Å²) in [6.45, 7) is 1.07. The van der Waals surface area contributed by atoms with Gasteiger partial charge in [-0.15, -0.1) is 0 Å². The van der Waals surface area contributed by atoms with Crippen molar-refractivity contribution in [3.8, 4) is 11.4 Å². The number of benzene rings is 1. The molecule has 0 spiro atoms. The summed E-state index contributed by atoms with van der Waals surface area (Å²) >= 11 is 0. The van der Waals surface area contributed by atoms with E-state index < -0.39 is 5.97 Å². The number of carbonyl (C=O) groups excluding carboxylic acids is 1. The van der Waals surface area contributed by atoms with E-state index in [2.05, 4.69) is 10.1 Å². The number of nitrogens with zero attached hydrogens (tertiary/aromatic N) is 2. The number of aryl methyl sites for hydroxylation is 1. The highest BCUT2D eigenvalue weighted by Gasteiger charge is 2.18. The molecular weight excluding hydrogens is 319 g/mol. The molecule has 0 aliphatic heterocycles. The summed E-state index contributed by atoms with van der Waals surface area (Å²) < 4.78 is 28.2. The summed E-state index contributed by atoms with van der Waals surface area (Å²) in [5.74, 6) is -0.00154. The van der Waals surface area contributed by atoms with E-state index in [0.29, 0.717) is 11.3 Å². The molecule has 0 saturated carbocycles. The van der Waals surface area contributed by atoms with E-state index in [0.717, 1.165) is 0 Å². The first-order valence-electron chi connectivity index (χ1n) is 7.02. The van der Waals surface area contributed by atoms with Crippen LogP contribution >= 0.6 is 0 Å². The van der Waals surface area contributed by atoms with Gasteiger partial charge in [0.15, 0.2) is 6.61 Å². The molecule has 2 heterocycles. The van der Waals surface area contributed by atoms with E-state index in [1.54, 1.807) is 6.92 Å². The number of rotatable bonds is 5. The maximum atomic E-state index is 12.9. The monoisotopic (exact) mass is 332 g/mol. The second kappa shape index (κ2) is 6.63. The first-order chi connectivity index (χ1) is 11.6. The number of hydrogen-bond donors (Lipinski definition) is 1. The molecule has 0 aliphatic carbocycles. The first kappa shape index (κ1) is 15.9. The van der Waals surface area contributed by atoms with E-state index in [4.69, 9.17) is 18.8 Å². The van der Waals surface area contributed by atoms with Crippen LogP contribution in [-0.4, -0.2) is 21.2 Å². The smallest absolute Gasteiger partial charge is 0.342 e. The molecule has 0 radical (unpaired) electrons. The van der Waals surface area contributed by atoms with Gasteiger partial charge in [0.2, 0.25) is 5.82 Å². The third-order valence-corrected chi connectivity index (χ3v) is 3.24. The summed E-state index contributed by atoms with van der Waals surface area (Å²) in [6.07, 6.45) is 0. The fourth-order valence-electron chi connectivity index (χ4n) is 2.06. The van der Waals surface area contributed by atoms with Crippen molar-refractivity contribution in [1.29, 1.82) is 0 Å². The Balaban J connectivity index is 1.65. The van der Waals surface area contributed by atoms with Gasteiger partial charge < -0.3 is 18.8 Å². The molecule has 3 rings (SSSR count). The average molecular weight is 332 g/mol. The maximum Gasteiger partial charge on any atom is 0.342 e. The number of ether oxygens (including phenoxy) is 1. The molecule has 8 heteroatoms. The molecule has 0 saturated heterocycles. The van der Waals surface area contributed by atoms with Gasteiger partial charge in [0.25, 0.3) is 5.89 Å². The Morgan fingerprint density at radius 3 is 2.75 bits per heavy atom. The number of hydrogen-bond acceptors (Lipinski definition) is 7. The maximum absolute atomic E-state index is 12.9. The Morgan fingerprint density at radius 2 is 2.08 bits per heavy atom. The molecule has 0 atom stereocenters. The van der Waals surface area contributed by atoms with Gasteiger partial charge in [0, 0.05) is 5.56 Å². The topological polar surface area (TPSA) is 98.6 Å². The summed E-state index contributed by atoms with van der Waals surface area (Å²) in [7, 11) is 0. The van der Waals surface area contributed by atoms with Gasteiger partial charge in [0.1, 0.15) is 29.5 Å². The molecule has 0 aliphatic rings. The van der Waals surface area contributed by atoms with Gasteiger partial charge in [0.05, 0.1) is 0 Å². The SMILES string of the molecule is Cc1oc(CO)cc1C(=O)OCc1nc(-c2ccc(F)cc2)no1. The Kier molecular flexibility index (Phi) is 4.39. The largest absolute Gasteiger partial charge is 0.463 e. The summed E-state index contributed by atoms with van der Waals surface area (Å²) in [6, 6.07) is 7.01. The minimum absolute atomic E-state index is 0.103. The van der Waals surface area contributed by atoms with E-state index >= 15 is 0 Å². The van der Waals surface area contributed by atoms with E-state index in [1.807, 2.05) is 0 Å². The van der Waals surface area contributed by atoms with Crippen molar-refractivity contribution in [1.82, 2.24) is 10.1 Å². The molecule has 1 N–H and O–H groups in total.